The van der Waals surface area contributed by atoms with E-state index >= 15 is 0 Å². The number of hydrogen-bond donors (Lipinski definition) is 1. The summed E-state index contributed by atoms with van der Waals surface area (Å²) in [6.45, 7) is 5.92. The number of benzene rings is 1. The van der Waals surface area contributed by atoms with Crippen LogP contribution in [-0.2, 0) is 30.3 Å². The van der Waals surface area contributed by atoms with Gasteiger partial charge in [0.1, 0.15) is 17.6 Å². The summed E-state index contributed by atoms with van der Waals surface area (Å²) in [5, 5.41) is 11.1. The Bertz CT molecular complexity index is 1020. The number of nitrogens with zero attached hydrogens (tertiary/aromatic N) is 1. The molecule has 0 aliphatic carbocycles. The van der Waals surface area contributed by atoms with Gasteiger partial charge in [-0.15, -0.1) is 11.8 Å². The third-order valence-corrected chi connectivity index (χ3v) is 8.67. The predicted octanol–water partition coefficient (Wildman–Crippen LogP) is 3.98. The van der Waals surface area contributed by atoms with Gasteiger partial charge in [0.25, 0.3) is 11.7 Å². The molecule has 5 unspecified atom stereocenters. The summed E-state index contributed by atoms with van der Waals surface area (Å²) < 4.78 is 22.4. The molecule has 2 fully saturated rings. The third-order valence-electron chi connectivity index (χ3n) is 7.81. The minimum Gasteiger partial charge on any atom is -0.493 e. The molecule has 2 aliphatic rings. The summed E-state index contributed by atoms with van der Waals surface area (Å²) >= 11 is 1.39. The average Bonchev–Trinajstić information content (AvgIpc) is 2.95. The van der Waals surface area contributed by atoms with E-state index in [0.717, 1.165) is 12.0 Å². The minimum atomic E-state index is -2.20. The molecule has 2 saturated heterocycles. The van der Waals surface area contributed by atoms with Gasteiger partial charge in [0.2, 0.25) is 5.79 Å². The number of likely N-dealkylation sites (tertiary alicyclic amines) is 1. The number of hydrogen-bond acceptors (Lipinski definition) is 9. The van der Waals surface area contributed by atoms with Gasteiger partial charge >= 0.3 is 5.97 Å². The van der Waals surface area contributed by atoms with Crippen molar-refractivity contribution in [1.82, 2.24) is 4.90 Å². The molecule has 2 heterocycles. The maximum Gasteiger partial charge on any atom is 0.329 e. The second kappa shape index (κ2) is 13.9. The van der Waals surface area contributed by atoms with Crippen molar-refractivity contribution in [2.75, 3.05) is 27.0 Å². The first kappa shape index (κ1) is 31.2. The maximum atomic E-state index is 13.4. The highest BCUT2D eigenvalue weighted by Crippen LogP contribution is 2.37. The highest BCUT2D eigenvalue weighted by atomic mass is 32.2. The van der Waals surface area contributed by atoms with Crippen LogP contribution < -0.4 is 9.47 Å². The molecule has 1 aromatic rings. The SMILES string of the molecule is COc1ccc(CCC(OC(=O)C2CCCCN2C(=O)C(=O)C2(O)OC(SC)CCC2C)C(C)C)cc1OC. The Labute approximate surface area is 235 Å². The summed E-state index contributed by atoms with van der Waals surface area (Å²) in [7, 11) is 3.17. The van der Waals surface area contributed by atoms with Crippen molar-refractivity contribution < 1.29 is 38.4 Å². The molecule has 2 aliphatic heterocycles. The van der Waals surface area contributed by atoms with Crippen LogP contribution in [0.1, 0.15) is 64.9 Å². The molecule has 0 aromatic heterocycles. The number of ketones is 1. The first-order chi connectivity index (χ1) is 18.5. The van der Waals surface area contributed by atoms with Gasteiger partial charge in [-0.1, -0.05) is 26.8 Å². The lowest BCUT2D eigenvalue weighted by atomic mass is 9.88. The molecule has 1 amide bonds. The number of carbonyl (C=O) groups excluding carboxylic acids is 3. The molecular formula is C29H43NO8S. The van der Waals surface area contributed by atoms with Crippen LogP contribution >= 0.6 is 11.8 Å². The van der Waals surface area contributed by atoms with Crippen molar-refractivity contribution in [3.05, 3.63) is 23.8 Å². The van der Waals surface area contributed by atoms with E-state index in [1.165, 1.54) is 16.7 Å². The first-order valence-corrected chi connectivity index (χ1v) is 15.0. The lowest BCUT2D eigenvalue weighted by Crippen LogP contribution is -2.60. The van der Waals surface area contributed by atoms with Crippen LogP contribution in [0.5, 0.6) is 11.5 Å². The van der Waals surface area contributed by atoms with Gasteiger partial charge in [-0.05, 0) is 74.8 Å². The maximum absolute atomic E-state index is 13.4. The van der Waals surface area contributed by atoms with Crippen molar-refractivity contribution in [3.8, 4) is 11.5 Å². The Morgan fingerprint density at radius 3 is 2.49 bits per heavy atom. The molecule has 39 heavy (non-hydrogen) atoms. The Kier molecular flexibility index (Phi) is 11.1. The van der Waals surface area contributed by atoms with Crippen molar-refractivity contribution in [2.45, 2.75) is 89.1 Å². The number of piperidine rings is 1. The Morgan fingerprint density at radius 1 is 1.13 bits per heavy atom. The molecule has 9 nitrogen and oxygen atoms in total. The normalized spacial score (nSPS) is 26.2. The number of aryl methyl sites for hydroxylation is 1. The minimum absolute atomic E-state index is 0.0455. The fourth-order valence-electron chi connectivity index (χ4n) is 5.20. The molecular weight excluding hydrogens is 522 g/mol. The van der Waals surface area contributed by atoms with Crippen LogP contribution in [0.2, 0.25) is 0 Å². The monoisotopic (exact) mass is 565 g/mol. The number of esters is 1. The molecule has 1 N–H and O–H groups in total. The number of amides is 1. The molecule has 0 spiro atoms. The van der Waals surface area contributed by atoms with E-state index in [1.54, 1.807) is 21.1 Å². The van der Waals surface area contributed by atoms with Crippen molar-refractivity contribution >= 4 is 29.4 Å². The number of ether oxygens (including phenoxy) is 4. The van der Waals surface area contributed by atoms with E-state index < -0.39 is 35.4 Å². The Hall–Kier alpha value is -2.30. The second-order valence-electron chi connectivity index (χ2n) is 10.7. The number of Topliss-reactive ketones (excluding diaryl/α,β-unsaturated/α-hetero) is 1. The van der Waals surface area contributed by atoms with Gasteiger partial charge in [-0.3, -0.25) is 9.59 Å². The molecule has 218 valence electrons. The Balaban J connectivity index is 1.70. The molecule has 5 atom stereocenters. The number of carbonyl (C=O) groups is 3. The van der Waals surface area contributed by atoms with E-state index in [1.807, 2.05) is 38.3 Å². The van der Waals surface area contributed by atoms with Gasteiger partial charge in [0.05, 0.1) is 14.2 Å². The summed E-state index contributed by atoms with van der Waals surface area (Å²) in [6.07, 6.45) is 5.74. The highest BCUT2D eigenvalue weighted by Gasteiger charge is 2.52. The molecule has 3 rings (SSSR count). The molecule has 1 aromatic carbocycles. The van der Waals surface area contributed by atoms with Crippen molar-refractivity contribution in [2.24, 2.45) is 11.8 Å². The summed E-state index contributed by atoms with van der Waals surface area (Å²) in [4.78, 5) is 41.4. The molecule has 0 saturated carbocycles. The van der Waals surface area contributed by atoms with Gasteiger partial charge < -0.3 is 29.0 Å². The van der Waals surface area contributed by atoms with Gasteiger partial charge in [-0.25, -0.2) is 4.79 Å². The predicted molar refractivity (Wildman–Crippen MR) is 149 cm³/mol. The van der Waals surface area contributed by atoms with Crippen LogP contribution in [0.4, 0.5) is 0 Å². The zero-order valence-electron chi connectivity index (χ0n) is 23.9. The van der Waals surface area contributed by atoms with E-state index in [-0.39, 0.29) is 24.0 Å². The van der Waals surface area contributed by atoms with Crippen molar-refractivity contribution in [3.63, 3.8) is 0 Å². The molecule has 0 bridgehead atoms. The number of methoxy groups -OCH3 is 2. The zero-order chi connectivity index (χ0) is 28.7. The van der Waals surface area contributed by atoms with Crippen LogP contribution in [0, 0.1) is 11.8 Å². The smallest absolute Gasteiger partial charge is 0.329 e. The summed E-state index contributed by atoms with van der Waals surface area (Å²) in [5.41, 5.74) is 0.648. The van der Waals surface area contributed by atoms with Crippen LogP contribution in [-0.4, -0.2) is 78.1 Å². The molecule has 10 heteroatoms. The fraction of sp³-hybridized carbons (Fsp3) is 0.690. The van der Waals surface area contributed by atoms with E-state index in [0.29, 0.717) is 50.0 Å². The van der Waals surface area contributed by atoms with Gasteiger partial charge in [-0.2, -0.15) is 0 Å². The standard InChI is InChI=1S/C29H43NO8S/c1-18(2)22(13-11-20-12-14-23(35-4)24(17-20)36-5)37-28(33)21-9-7-8-16-30(21)27(32)26(31)29(34)19(3)10-15-25(38-29)39-6/h12,14,17-19,21-22,25,34H,7-11,13,15-16H2,1-6H3. The fourth-order valence-corrected chi connectivity index (χ4v) is 5.82. The number of rotatable bonds is 11. The van der Waals surface area contributed by atoms with E-state index in [9.17, 15) is 19.5 Å². The Morgan fingerprint density at radius 2 is 1.85 bits per heavy atom. The highest BCUT2D eigenvalue weighted by molar-refractivity contribution is 7.99. The molecule has 0 radical (unpaired) electrons. The lowest BCUT2D eigenvalue weighted by Gasteiger charge is -2.41. The van der Waals surface area contributed by atoms with E-state index in [2.05, 4.69) is 0 Å². The number of thioether (sulfide) groups is 1. The van der Waals surface area contributed by atoms with Crippen LogP contribution in [0.25, 0.3) is 0 Å². The zero-order valence-corrected chi connectivity index (χ0v) is 24.8. The third kappa shape index (κ3) is 7.27. The second-order valence-corrected chi connectivity index (χ2v) is 11.7. The van der Waals surface area contributed by atoms with Gasteiger partial charge in [0.15, 0.2) is 11.5 Å². The van der Waals surface area contributed by atoms with Crippen LogP contribution in [0.15, 0.2) is 18.2 Å². The van der Waals surface area contributed by atoms with Gasteiger partial charge in [0, 0.05) is 12.5 Å². The number of aliphatic hydroxyl groups is 1. The average molecular weight is 566 g/mol. The van der Waals surface area contributed by atoms with Crippen LogP contribution in [0.3, 0.4) is 0 Å². The van der Waals surface area contributed by atoms with Crippen molar-refractivity contribution in [1.29, 1.82) is 0 Å². The van der Waals surface area contributed by atoms with E-state index in [4.69, 9.17) is 18.9 Å². The summed E-state index contributed by atoms with van der Waals surface area (Å²) in [6, 6.07) is 4.83. The largest absolute Gasteiger partial charge is 0.493 e. The topological polar surface area (TPSA) is 112 Å². The summed E-state index contributed by atoms with van der Waals surface area (Å²) in [5.74, 6) is -3.83. The quantitative estimate of drug-likeness (QED) is 0.315. The lowest BCUT2D eigenvalue weighted by molar-refractivity contribution is -0.247. The first-order valence-electron chi connectivity index (χ1n) is 13.7.